The van der Waals surface area contributed by atoms with Gasteiger partial charge in [-0.05, 0) is 16.6 Å². The number of rotatable bonds is 29. The second-order valence-electron chi connectivity index (χ2n) is 14.0. The molecule has 0 aliphatic carbocycles. The number of unbranched alkanes of at least 4 members (excludes halogenated alkanes) is 27. The molecule has 0 amide bonds. The van der Waals surface area contributed by atoms with Crippen LogP contribution >= 0.6 is 0 Å². The van der Waals surface area contributed by atoms with E-state index in [1.54, 1.807) is 12.1 Å². The summed E-state index contributed by atoms with van der Waals surface area (Å²) in [4.78, 5) is 0.410. The van der Waals surface area contributed by atoms with Gasteiger partial charge in [-0.15, -0.1) is 0 Å². The molecule has 0 saturated heterocycles. The summed E-state index contributed by atoms with van der Waals surface area (Å²) in [5.74, 6) is 0.249. The van der Waals surface area contributed by atoms with E-state index in [9.17, 15) is 8.42 Å². The molecule has 49 heavy (non-hydrogen) atoms. The van der Waals surface area contributed by atoms with Crippen LogP contribution < -0.4 is 0 Å². The van der Waals surface area contributed by atoms with Crippen LogP contribution in [-0.2, 0) is 40.8 Å². The Hall–Kier alpha value is -0.116. The summed E-state index contributed by atoms with van der Waals surface area (Å²) in [6, 6.07) is 7.05. The van der Waals surface area contributed by atoms with Gasteiger partial charge in [-0.2, -0.15) is 19.3 Å². The summed E-state index contributed by atoms with van der Waals surface area (Å²) in [6.07, 6.45) is 41.7. The second-order valence-corrected chi connectivity index (χ2v) is 14.9. The predicted octanol–water partition coefficient (Wildman–Crippen LogP) is 16.7. The van der Waals surface area contributed by atoms with Crippen molar-refractivity contribution in [1.82, 2.24) is 0 Å². The van der Waals surface area contributed by atoms with E-state index in [0.717, 1.165) is 24.8 Å². The third-order valence-electron chi connectivity index (χ3n) is 8.78. The number of hydrogen-bond acceptors (Lipinski definition) is 3. The van der Waals surface area contributed by atoms with E-state index >= 15 is 0 Å². The van der Waals surface area contributed by atoms with Crippen molar-refractivity contribution < 1.29 is 30.1 Å². The Morgan fingerprint density at radius 2 is 0.694 bits per heavy atom. The molecule has 0 aromatic heterocycles. The molecule has 1 rings (SSSR count). The number of benzene rings is 1. The van der Waals surface area contributed by atoms with Gasteiger partial charge in [-0.3, -0.25) is 0 Å². The van der Waals surface area contributed by atoms with Crippen molar-refractivity contribution in [3.8, 4) is 0 Å². The van der Waals surface area contributed by atoms with Gasteiger partial charge in [-0.1, -0.05) is 243 Å². The fourth-order valence-electron chi connectivity index (χ4n) is 5.57. The topological polar surface area (TPSA) is 34.1 Å². The largest absolute Gasteiger partial charge is 4.00 e. The van der Waals surface area contributed by atoms with Crippen molar-refractivity contribution in [2.24, 2.45) is 0 Å². The van der Waals surface area contributed by atoms with Gasteiger partial charge in [0.1, 0.15) is 0 Å². The fraction of sp³-hybridized carbons (Fsp3) is 0.800. The molecule has 1 aromatic rings. The van der Waals surface area contributed by atoms with Crippen molar-refractivity contribution in [3.63, 3.8) is 0 Å². The van der Waals surface area contributed by atoms with Gasteiger partial charge >= 0.3 is 21.7 Å². The first-order valence-corrected chi connectivity index (χ1v) is 22.0. The average molecular weight is 739 g/mol. The van der Waals surface area contributed by atoms with Crippen molar-refractivity contribution in [2.75, 3.05) is 0 Å². The van der Waals surface area contributed by atoms with Crippen LogP contribution in [0.2, 0.25) is 0 Å². The molecule has 0 bridgehead atoms. The monoisotopic (exact) mass is 739 g/mol. The van der Waals surface area contributed by atoms with E-state index in [2.05, 4.69) is 41.5 Å². The summed E-state index contributed by atoms with van der Waals surface area (Å²) < 4.78 is 21.5. The minimum atomic E-state index is -2.11. The van der Waals surface area contributed by atoms with Gasteiger partial charge in [0.05, 0.1) is 0 Å². The summed E-state index contributed by atoms with van der Waals surface area (Å²) in [5.41, 5.74) is 0.880. The molecular weight excluding hydrogens is 652 g/mol. The summed E-state index contributed by atoms with van der Waals surface area (Å²) in [6.45, 7) is 22.3. The molecule has 0 aliphatic heterocycles. The van der Waals surface area contributed by atoms with Crippen LogP contribution in [0, 0.1) is 20.8 Å². The zero-order valence-electron chi connectivity index (χ0n) is 33.9. The van der Waals surface area contributed by atoms with Crippen LogP contribution in [0.15, 0.2) is 29.2 Å². The van der Waals surface area contributed by atoms with Crippen LogP contribution in [0.4, 0.5) is 0 Å². The first kappa shape index (κ1) is 55.6. The van der Waals surface area contributed by atoms with Crippen molar-refractivity contribution >= 4 is 10.7 Å². The molecule has 0 atom stereocenters. The molecule has 0 aliphatic rings. The number of hydrogen-bond donors (Lipinski definition) is 0. The van der Waals surface area contributed by atoms with E-state index in [0.29, 0.717) is 4.90 Å². The molecule has 0 N–H and O–H groups in total. The van der Waals surface area contributed by atoms with Crippen molar-refractivity contribution in [3.05, 3.63) is 50.6 Å². The minimum absolute atomic E-state index is 0. The van der Waals surface area contributed by atoms with E-state index < -0.39 is 10.7 Å². The zero-order chi connectivity index (χ0) is 36.4. The first-order chi connectivity index (χ1) is 23.4. The quantitative estimate of drug-likeness (QED) is 0.0355. The third-order valence-corrected chi connectivity index (χ3v) is 9.51. The smallest absolute Gasteiger partial charge is 0.420 e. The molecule has 1 aromatic carbocycles. The zero-order valence-corrected chi connectivity index (χ0v) is 36.3. The first-order valence-electron chi connectivity index (χ1n) is 20.9. The predicted molar refractivity (Wildman–Crippen MR) is 219 cm³/mol. The van der Waals surface area contributed by atoms with Crippen LogP contribution in [0.25, 0.3) is 0 Å². The van der Waals surface area contributed by atoms with E-state index in [1.165, 1.54) is 173 Å². The van der Waals surface area contributed by atoms with Crippen LogP contribution in [0.1, 0.15) is 239 Å². The maximum absolute atomic E-state index is 10.7. The van der Waals surface area contributed by atoms with E-state index in [1.807, 2.05) is 26.0 Å². The van der Waals surface area contributed by atoms with Gasteiger partial charge in [-0.25, -0.2) is 0 Å². The summed E-state index contributed by atoms with van der Waals surface area (Å²) >= 11 is 0. The molecule has 0 heterocycles. The second kappa shape index (κ2) is 50.0. The Morgan fingerprint density at radius 1 is 0.449 bits per heavy atom. The third kappa shape index (κ3) is 47.9. The standard InChI is InChI=1S/3C12H25.C9H11O2S.Ti/c3*1-3-5-7-9-11-12-10-8-6-4-2;1-7(2)8-5-3-4-6-9(8)12(10)11;/h3*1,3-12H2,2H3;3-7H,1-2H3;/q4*-1;+4. The van der Waals surface area contributed by atoms with Gasteiger partial charge in [0.15, 0.2) is 0 Å². The van der Waals surface area contributed by atoms with E-state index in [-0.39, 0.29) is 27.6 Å². The molecule has 288 valence electrons. The van der Waals surface area contributed by atoms with Crippen LogP contribution in [0.5, 0.6) is 0 Å². The van der Waals surface area contributed by atoms with Crippen molar-refractivity contribution in [2.45, 2.75) is 238 Å². The maximum Gasteiger partial charge on any atom is 4.00 e. The fourth-order valence-corrected chi connectivity index (χ4v) is 6.26. The molecular formula is C45H86O2STi. The summed E-state index contributed by atoms with van der Waals surface area (Å²) in [5, 5.41) is 0. The van der Waals surface area contributed by atoms with Gasteiger partial charge < -0.3 is 29.2 Å². The Morgan fingerprint density at radius 3 is 0.898 bits per heavy atom. The molecule has 0 unspecified atom stereocenters. The van der Waals surface area contributed by atoms with E-state index in [4.69, 9.17) is 0 Å². The Kier molecular flexibility index (Phi) is 56.8. The van der Waals surface area contributed by atoms with Gasteiger partial charge in [0.2, 0.25) is 0 Å². The Labute approximate surface area is 327 Å². The van der Waals surface area contributed by atoms with Gasteiger partial charge in [0, 0.05) is 0 Å². The molecule has 4 heteroatoms. The van der Waals surface area contributed by atoms with Crippen molar-refractivity contribution in [1.29, 1.82) is 0 Å². The van der Waals surface area contributed by atoms with Gasteiger partial charge in [0.25, 0.3) is 0 Å². The summed E-state index contributed by atoms with van der Waals surface area (Å²) in [7, 11) is -2.11. The van der Waals surface area contributed by atoms with Crippen LogP contribution in [0.3, 0.4) is 0 Å². The SMILES string of the molecule is CC(C)c1ccccc1[S-](=O)=O.[CH2-]CCCCCCCCCCC.[CH2-]CCCCCCCCCCC.[CH2-]CCCCCCCCCCC.[Ti+4]. The minimum Gasteiger partial charge on any atom is -0.420 e. The normalized spacial score (nSPS) is 10.4. The molecule has 2 nitrogen and oxygen atoms in total. The molecule has 0 spiro atoms. The Balaban J connectivity index is -0.000000274. The molecule has 0 fully saturated rings. The average Bonchev–Trinajstić information content (AvgIpc) is 3.09. The molecule has 0 radical (unpaired) electrons. The maximum atomic E-state index is 10.7. The Bertz CT molecular complexity index is 691. The van der Waals surface area contributed by atoms with Crippen LogP contribution in [-0.4, -0.2) is 0 Å². The molecule has 0 saturated carbocycles.